The minimum atomic E-state index is 0.0134. The lowest BCUT2D eigenvalue weighted by atomic mass is 10.0. The maximum atomic E-state index is 11.9. The van der Waals surface area contributed by atoms with E-state index in [0.717, 1.165) is 19.6 Å². The number of aromatic nitrogens is 2. The second-order valence-corrected chi connectivity index (χ2v) is 3.66. The molecule has 1 N–H and O–H groups in total. The Hall–Kier alpha value is -1.16. The van der Waals surface area contributed by atoms with Crippen molar-refractivity contribution in [2.45, 2.75) is 27.3 Å². The Bertz CT molecular complexity index is 319. The molecule has 0 radical (unpaired) electrons. The van der Waals surface area contributed by atoms with Crippen molar-refractivity contribution >= 4 is 5.78 Å². The minimum Gasteiger partial charge on any atom is -0.316 e. The third-order valence-electron chi connectivity index (χ3n) is 2.39. The first-order valence-corrected chi connectivity index (χ1v) is 5.46. The van der Waals surface area contributed by atoms with E-state index in [2.05, 4.69) is 10.4 Å². The van der Waals surface area contributed by atoms with Crippen LogP contribution in [0.1, 0.15) is 31.1 Å². The van der Waals surface area contributed by atoms with Crippen LogP contribution >= 0.6 is 0 Å². The Labute approximate surface area is 90.7 Å². The van der Waals surface area contributed by atoms with Crippen molar-refractivity contribution in [3.63, 3.8) is 0 Å². The quantitative estimate of drug-likeness (QED) is 0.719. The molecule has 1 aromatic rings. The van der Waals surface area contributed by atoms with Crippen LogP contribution in [-0.2, 0) is 6.54 Å². The highest BCUT2D eigenvalue weighted by Gasteiger charge is 2.15. The van der Waals surface area contributed by atoms with Gasteiger partial charge in [0.2, 0.25) is 0 Å². The lowest BCUT2D eigenvalue weighted by molar-refractivity contribution is 0.0929. The predicted octanol–water partition coefficient (Wildman–Crippen LogP) is 1.33. The maximum Gasteiger partial charge on any atom is 0.170 e. The van der Waals surface area contributed by atoms with Gasteiger partial charge in [0.25, 0.3) is 0 Å². The number of carbonyl (C=O) groups excluding carboxylic acids is 1. The zero-order valence-corrected chi connectivity index (χ0v) is 9.66. The average Bonchev–Trinajstić information content (AvgIpc) is 2.73. The van der Waals surface area contributed by atoms with Gasteiger partial charge in [-0.2, -0.15) is 5.10 Å². The largest absolute Gasteiger partial charge is 0.316 e. The molecule has 0 amide bonds. The number of nitrogens with one attached hydrogen (secondary N) is 1. The number of carbonyl (C=O) groups is 1. The van der Waals surface area contributed by atoms with Crippen LogP contribution in [0.2, 0.25) is 0 Å². The van der Waals surface area contributed by atoms with Crippen LogP contribution < -0.4 is 5.32 Å². The van der Waals surface area contributed by atoms with Crippen molar-refractivity contribution < 1.29 is 4.79 Å². The predicted molar refractivity (Wildman–Crippen MR) is 59.9 cm³/mol. The van der Waals surface area contributed by atoms with E-state index in [9.17, 15) is 4.79 Å². The van der Waals surface area contributed by atoms with E-state index >= 15 is 0 Å². The summed E-state index contributed by atoms with van der Waals surface area (Å²) >= 11 is 0. The standard InChI is InChI=1S/C11H19N3O/c1-4-12-6-9(3)11(15)10-7-13-14(5-2)8-10/h7-9,12H,4-6H2,1-3H3. The van der Waals surface area contributed by atoms with Gasteiger partial charge in [0, 0.05) is 25.2 Å². The number of hydrogen-bond donors (Lipinski definition) is 1. The summed E-state index contributed by atoms with van der Waals surface area (Å²) in [5.41, 5.74) is 0.710. The van der Waals surface area contributed by atoms with Crippen LogP contribution in [0.4, 0.5) is 0 Å². The molecule has 0 spiro atoms. The molecule has 0 fully saturated rings. The van der Waals surface area contributed by atoms with E-state index in [-0.39, 0.29) is 11.7 Å². The topological polar surface area (TPSA) is 46.9 Å². The zero-order chi connectivity index (χ0) is 11.3. The molecule has 4 heteroatoms. The Morgan fingerprint density at radius 3 is 2.87 bits per heavy atom. The third-order valence-corrected chi connectivity index (χ3v) is 2.39. The number of Topliss-reactive ketones (excluding diaryl/α,β-unsaturated/α-hetero) is 1. The third kappa shape index (κ3) is 3.16. The van der Waals surface area contributed by atoms with Crippen molar-refractivity contribution in [2.75, 3.05) is 13.1 Å². The molecule has 0 aliphatic carbocycles. The highest BCUT2D eigenvalue weighted by Crippen LogP contribution is 2.07. The Kier molecular flexibility index (Phi) is 4.49. The van der Waals surface area contributed by atoms with E-state index in [0.29, 0.717) is 5.56 Å². The van der Waals surface area contributed by atoms with Crippen LogP contribution in [0.3, 0.4) is 0 Å². The molecule has 4 nitrogen and oxygen atoms in total. The van der Waals surface area contributed by atoms with Gasteiger partial charge in [-0.25, -0.2) is 0 Å². The van der Waals surface area contributed by atoms with Crippen molar-refractivity contribution in [1.29, 1.82) is 0 Å². The van der Waals surface area contributed by atoms with Crippen LogP contribution in [0.25, 0.3) is 0 Å². The molecule has 1 aromatic heterocycles. The van der Waals surface area contributed by atoms with E-state index in [1.54, 1.807) is 10.9 Å². The van der Waals surface area contributed by atoms with E-state index in [1.807, 2.05) is 27.0 Å². The molecule has 0 saturated heterocycles. The first-order valence-electron chi connectivity index (χ1n) is 5.46. The first-order chi connectivity index (χ1) is 7.19. The van der Waals surface area contributed by atoms with Gasteiger partial charge in [0.05, 0.1) is 11.8 Å². The Balaban J connectivity index is 2.59. The lowest BCUT2D eigenvalue weighted by Crippen LogP contribution is -2.26. The fourth-order valence-corrected chi connectivity index (χ4v) is 1.40. The summed E-state index contributed by atoms with van der Waals surface area (Å²) < 4.78 is 1.77. The van der Waals surface area contributed by atoms with Crippen LogP contribution in [0.15, 0.2) is 12.4 Å². The molecule has 15 heavy (non-hydrogen) atoms. The molecule has 1 heterocycles. The number of nitrogens with zero attached hydrogens (tertiary/aromatic N) is 2. The van der Waals surface area contributed by atoms with E-state index < -0.39 is 0 Å². The molecule has 0 aliphatic heterocycles. The number of ketones is 1. The molecule has 0 aliphatic rings. The monoisotopic (exact) mass is 209 g/mol. The second-order valence-electron chi connectivity index (χ2n) is 3.66. The molecular formula is C11H19N3O. The summed E-state index contributed by atoms with van der Waals surface area (Å²) in [7, 11) is 0. The molecule has 1 atom stereocenters. The van der Waals surface area contributed by atoms with Crippen LogP contribution in [0, 0.1) is 5.92 Å². The summed E-state index contributed by atoms with van der Waals surface area (Å²) in [4.78, 5) is 11.9. The van der Waals surface area contributed by atoms with Gasteiger partial charge in [-0.15, -0.1) is 0 Å². The molecule has 0 bridgehead atoms. The van der Waals surface area contributed by atoms with Crippen LogP contribution in [0.5, 0.6) is 0 Å². The van der Waals surface area contributed by atoms with Gasteiger partial charge in [-0.3, -0.25) is 9.48 Å². The number of rotatable bonds is 6. The van der Waals surface area contributed by atoms with Crippen molar-refractivity contribution in [2.24, 2.45) is 5.92 Å². The molecule has 0 saturated carbocycles. The molecular weight excluding hydrogens is 190 g/mol. The van der Waals surface area contributed by atoms with Gasteiger partial charge < -0.3 is 5.32 Å². The van der Waals surface area contributed by atoms with Gasteiger partial charge in [-0.05, 0) is 13.5 Å². The zero-order valence-electron chi connectivity index (χ0n) is 9.66. The highest BCUT2D eigenvalue weighted by atomic mass is 16.1. The summed E-state index contributed by atoms with van der Waals surface area (Å²) in [5, 5.41) is 7.27. The molecule has 1 rings (SSSR count). The van der Waals surface area contributed by atoms with Gasteiger partial charge in [0.1, 0.15) is 0 Å². The number of hydrogen-bond acceptors (Lipinski definition) is 3. The normalized spacial score (nSPS) is 12.7. The molecule has 0 aromatic carbocycles. The summed E-state index contributed by atoms with van der Waals surface area (Å²) in [6, 6.07) is 0. The minimum absolute atomic E-state index is 0.0134. The van der Waals surface area contributed by atoms with Crippen LogP contribution in [-0.4, -0.2) is 28.7 Å². The maximum absolute atomic E-state index is 11.9. The van der Waals surface area contributed by atoms with E-state index in [4.69, 9.17) is 0 Å². The Morgan fingerprint density at radius 2 is 2.33 bits per heavy atom. The first kappa shape index (κ1) is 11.9. The molecule has 1 unspecified atom stereocenters. The molecule has 84 valence electrons. The lowest BCUT2D eigenvalue weighted by Gasteiger charge is -2.08. The summed E-state index contributed by atoms with van der Waals surface area (Å²) in [6.45, 7) is 8.40. The fraction of sp³-hybridized carbons (Fsp3) is 0.636. The second kappa shape index (κ2) is 5.66. The number of aryl methyl sites for hydroxylation is 1. The van der Waals surface area contributed by atoms with Gasteiger partial charge in [0.15, 0.2) is 5.78 Å². The summed E-state index contributed by atoms with van der Waals surface area (Å²) in [6.07, 6.45) is 3.46. The van der Waals surface area contributed by atoms with Gasteiger partial charge in [-0.1, -0.05) is 13.8 Å². The van der Waals surface area contributed by atoms with Gasteiger partial charge >= 0.3 is 0 Å². The smallest absolute Gasteiger partial charge is 0.170 e. The SMILES string of the molecule is CCNCC(C)C(=O)c1cnn(CC)c1. The summed E-state index contributed by atoms with van der Waals surface area (Å²) in [5.74, 6) is 0.176. The highest BCUT2D eigenvalue weighted by molar-refractivity contribution is 5.97. The average molecular weight is 209 g/mol. The van der Waals surface area contributed by atoms with Crippen molar-refractivity contribution in [3.8, 4) is 0 Å². The van der Waals surface area contributed by atoms with Crippen molar-refractivity contribution in [3.05, 3.63) is 18.0 Å². The fourth-order valence-electron chi connectivity index (χ4n) is 1.40. The Morgan fingerprint density at radius 1 is 1.60 bits per heavy atom. The van der Waals surface area contributed by atoms with E-state index in [1.165, 1.54) is 0 Å². The van der Waals surface area contributed by atoms with Crippen molar-refractivity contribution in [1.82, 2.24) is 15.1 Å².